The van der Waals surface area contributed by atoms with Gasteiger partial charge in [-0.05, 0) is 55.1 Å². The predicted octanol–water partition coefficient (Wildman–Crippen LogP) is 1.64. The standard InChI is InChI=1S/C14H17N3O/c15-13(18)9-2-1-5-16-14(9)17-12-10-7-3-4-8(6-7)11(10)12/h1-2,5,7-8,10-12H,3-4,6H2,(H2,15,18)(H,16,17). The highest BCUT2D eigenvalue weighted by Gasteiger charge is 2.65. The van der Waals surface area contributed by atoms with Gasteiger partial charge in [0, 0.05) is 12.2 Å². The largest absolute Gasteiger partial charge is 0.366 e. The van der Waals surface area contributed by atoms with Gasteiger partial charge >= 0.3 is 0 Å². The minimum absolute atomic E-state index is 0.403. The molecule has 3 N–H and O–H groups in total. The van der Waals surface area contributed by atoms with E-state index in [1.54, 1.807) is 18.3 Å². The Kier molecular flexibility index (Phi) is 1.99. The molecular formula is C14H17N3O. The van der Waals surface area contributed by atoms with E-state index in [9.17, 15) is 4.79 Å². The van der Waals surface area contributed by atoms with Gasteiger partial charge in [0.15, 0.2) is 0 Å². The number of hydrogen-bond acceptors (Lipinski definition) is 3. The number of nitrogens with two attached hydrogens (primary N) is 1. The normalized spacial score (nSPS) is 39.4. The molecule has 94 valence electrons. The molecule has 4 heteroatoms. The highest BCUT2D eigenvalue weighted by Crippen LogP contribution is 2.66. The number of carbonyl (C=O) groups is 1. The van der Waals surface area contributed by atoms with Crippen molar-refractivity contribution >= 4 is 11.7 Å². The maximum absolute atomic E-state index is 11.4. The summed E-state index contributed by atoms with van der Waals surface area (Å²) < 4.78 is 0. The van der Waals surface area contributed by atoms with Crippen LogP contribution in [0.15, 0.2) is 18.3 Å². The molecule has 18 heavy (non-hydrogen) atoms. The van der Waals surface area contributed by atoms with Crippen molar-refractivity contribution < 1.29 is 4.79 Å². The molecule has 0 aliphatic heterocycles. The van der Waals surface area contributed by atoms with Gasteiger partial charge in [-0.15, -0.1) is 0 Å². The fourth-order valence-corrected chi connectivity index (χ4v) is 4.40. The Bertz CT molecular complexity index is 500. The first-order chi connectivity index (χ1) is 8.75. The number of amides is 1. The lowest BCUT2D eigenvalue weighted by atomic mass is 10.0. The number of primary amides is 1. The SMILES string of the molecule is NC(=O)c1cccnc1NC1C2C3CCC(C3)C12. The van der Waals surface area contributed by atoms with Crippen molar-refractivity contribution in [1.82, 2.24) is 4.98 Å². The Labute approximate surface area is 106 Å². The summed E-state index contributed by atoms with van der Waals surface area (Å²) in [6, 6.07) is 4.02. The van der Waals surface area contributed by atoms with Crippen LogP contribution < -0.4 is 11.1 Å². The molecular weight excluding hydrogens is 226 g/mol. The summed E-state index contributed by atoms with van der Waals surface area (Å²) in [6.45, 7) is 0. The van der Waals surface area contributed by atoms with Crippen LogP contribution in [-0.4, -0.2) is 16.9 Å². The summed E-state index contributed by atoms with van der Waals surface area (Å²) in [4.78, 5) is 15.6. The van der Waals surface area contributed by atoms with Crippen molar-refractivity contribution in [3.8, 4) is 0 Å². The van der Waals surface area contributed by atoms with Crippen molar-refractivity contribution in [3.05, 3.63) is 23.9 Å². The lowest BCUT2D eigenvalue weighted by molar-refractivity contribution is 0.100. The molecule has 1 amide bonds. The van der Waals surface area contributed by atoms with E-state index in [1.165, 1.54) is 19.3 Å². The van der Waals surface area contributed by atoms with Crippen molar-refractivity contribution in [1.29, 1.82) is 0 Å². The second kappa shape index (κ2) is 3.46. The summed E-state index contributed by atoms with van der Waals surface area (Å²) in [5, 5.41) is 3.46. The maximum Gasteiger partial charge on any atom is 0.252 e. The number of nitrogens with one attached hydrogen (secondary N) is 1. The quantitative estimate of drug-likeness (QED) is 0.848. The molecule has 1 aromatic heterocycles. The molecule has 0 radical (unpaired) electrons. The average Bonchev–Trinajstić information content (AvgIpc) is 2.78. The van der Waals surface area contributed by atoms with Crippen LogP contribution in [0, 0.1) is 23.7 Å². The Morgan fingerprint density at radius 1 is 1.33 bits per heavy atom. The second-order valence-corrected chi connectivity index (χ2v) is 5.92. The Morgan fingerprint density at radius 3 is 2.72 bits per heavy atom. The van der Waals surface area contributed by atoms with Crippen LogP contribution in [0.3, 0.4) is 0 Å². The molecule has 0 spiro atoms. The van der Waals surface area contributed by atoms with Gasteiger partial charge in [-0.25, -0.2) is 4.98 Å². The van der Waals surface area contributed by atoms with E-state index in [1.807, 2.05) is 0 Å². The highest BCUT2D eigenvalue weighted by atomic mass is 16.1. The van der Waals surface area contributed by atoms with E-state index in [2.05, 4.69) is 10.3 Å². The van der Waals surface area contributed by atoms with E-state index in [-0.39, 0.29) is 0 Å². The zero-order chi connectivity index (χ0) is 12.3. The number of anilines is 1. The molecule has 3 saturated carbocycles. The van der Waals surface area contributed by atoms with E-state index in [4.69, 9.17) is 5.73 Å². The second-order valence-electron chi connectivity index (χ2n) is 5.92. The first-order valence-corrected chi connectivity index (χ1v) is 6.77. The number of pyridine rings is 1. The highest BCUT2D eigenvalue weighted by molar-refractivity contribution is 5.97. The molecule has 2 bridgehead atoms. The van der Waals surface area contributed by atoms with Gasteiger partial charge < -0.3 is 11.1 Å². The number of hydrogen-bond donors (Lipinski definition) is 2. The third-order valence-corrected chi connectivity index (χ3v) is 5.11. The molecule has 3 aliphatic rings. The number of carbonyl (C=O) groups excluding carboxylic acids is 1. The van der Waals surface area contributed by atoms with E-state index in [0.717, 1.165) is 23.7 Å². The summed E-state index contributed by atoms with van der Waals surface area (Å²) in [5.41, 5.74) is 5.88. The van der Waals surface area contributed by atoms with Gasteiger partial charge in [0.2, 0.25) is 0 Å². The molecule has 3 fully saturated rings. The van der Waals surface area contributed by atoms with Gasteiger partial charge in [0.25, 0.3) is 5.91 Å². The number of fused-ring (bicyclic) bond motifs is 5. The zero-order valence-electron chi connectivity index (χ0n) is 10.2. The molecule has 1 aromatic rings. The lowest BCUT2D eigenvalue weighted by Gasteiger charge is -2.12. The molecule has 4 unspecified atom stereocenters. The first-order valence-electron chi connectivity index (χ1n) is 6.77. The zero-order valence-corrected chi connectivity index (χ0v) is 10.2. The van der Waals surface area contributed by atoms with Crippen LogP contribution in [0.4, 0.5) is 5.82 Å². The van der Waals surface area contributed by atoms with Gasteiger partial charge in [0.05, 0.1) is 5.56 Å². The van der Waals surface area contributed by atoms with E-state index < -0.39 is 5.91 Å². The number of nitrogens with zero attached hydrogens (tertiary/aromatic N) is 1. The minimum Gasteiger partial charge on any atom is -0.366 e. The van der Waals surface area contributed by atoms with Crippen LogP contribution in [-0.2, 0) is 0 Å². The fourth-order valence-electron chi connectivity index (χ4n) is 4.40. The van der Waals surface area contributed by atoms with Gasteiger partial charge in [-0.1, -0.05) is 0 Å². The summed E-state index contributed by atoms with van der Waals surface area (Å²) in [6.07, 6.45) is 5.93. The Hall–Kier alpha value is -1.58. The Morgan fingerprint density at radius 2 is 2.06 bits per heavy atom. The predicted molar refractivity (Wildman–Crippen MR) is 68.0 cm³/mol. The Balaban J connectivity index is 1.55. The van der Waals surface area contributed by atoms with E-state index in [0.29, 0.717) is 17.4 Å². The first kappa shape index (κ1) is 10.4. The van der Waals surface area contributed by atoms with Crippen molar-refractivity contribution in [3.63, 3.8) is 0 Å². The summed E-state index contributed by atoms with van der Waals surface area (Å²) in [7, 11) is 0. The van der Waals surface area contributed by atoms with Gasteiger partial charge in [0.1, 0.15) is 5.82 Å². The third-order valence-electron chi connectivity index (χ3n) is 5.11. The summed E-state index contributed by atoms with van der Waals surface area (Å²) >= 11 is 0. The van der Waals surface area contributed by atoms with Crippen molar-refractivity contribution in [2.45, 2.75) is 25.3 Å². The van der Waals surface area contributed by atoms with Crippen LogP contribution >= 0.6 is 0 Å². The smallest absolute Gasteiger partial charge is 0.252 e. The fraction of sp³-hybridized carbons (Fsp3) is 0.571. The molecule has 1 heterocycles. The number of aromatic nitrogens is 1. The summed E-state index contributed by atoms with van der Waals surface area (Å²) in [5.74, 6) is 3.75. The van der Waals surface area contributed by atoms with Crippen molar-refractivity contribution in [2.24, 2.45) is 29.4 Å². The maximum atomic E-state index is 11.4. The molecule has 4 atom stereocenters. The lowest BCUT2D eigenvalue weighted by Crippen LogP contribution is -2.19. The molecule has 4 nitrogen and oxygen atoms in total. The molecule has 0 saturated heterocycles. The van der Waals surface area contributed by atoms with Crippen LogP contribution in [0.5, 0.6) is 0 Å². The molecule has 4 rings (SSSR count). The monoisotopic (exact) mass is 243 g/mol. The third kappa shape index (κ3) is 1.32. The van der Waals surface area contributed by atoms with E-state index >= 15 is 0 Å². The topological polar surface area (TPSA) is 68.0 Å². The minimum atomic E-state index is -0.403. The average molecular weight is 243 g/mol. The molecule has 3 aliphatic carbocycles. The van der Waals surface area contributed by atoms with Crippen LogP contribution in [0.1, 0.15) is 29.6 Å². The molecule has 0 aromatic carbocycles. The van der Waals surface area contributed by atoms with Crippen LogP contribution in [0.25, 0.3) is 0 Å². The van der Waals surface area contributed by atoms with Gasteiger partial charge in [-0.2, -0.15) is 0 Å². The van der Waals surface area contributed by atoms with Crippen LogP contribution in [0.2, 0.25) is 0 Å². The van der Waals surface area contributed by atoms with Crippen molar-refractivity contribution in [2.75, 3.05) is 5.32 Å². The number of rotatable bonds is 3. The van der Waals surface area contributed by atoms with Gasteiger partial charge in [-0.3, -0.25) is 4.79 Å².